The molecule has 0 atom stereocenters. The SMILES string of the molecule is CCCOCCCNc1cc(C#N)ccn1. The summed E-state index contributed by atoms with van der Waals surface area (Å²) in [6.45, 7) is 4.49. The summed E-state index contributed by atoms with van der Waals surface area (Å²) >= 11 is 0. The predicted octanol–water partition coefficient (Wildman–Crippen LogP) is 2.18. The molecule has 1 aromatic heterocycles. The summed E-state index contributed by atoms with van der Waals surface area (Å²) in [5, 5.41) is 11.9. The Bertz CT molecular complexity index is 346. The highest BCUT2D eigenvalue weighted by atomic mass is 16.5. The van der Waals surface area contributed by atoms with Gasteiger partial charge >= 0.3 is 0 Å². The number of nitrogens with one attached hydrogen (secondary N) is 1. The molecule has 0 aliphatic heterocycles. The van der Waals surface area contributed by atoms with Crippen LogP contribution in [0.25, 0.3) is 0 Å². The van der Waals surface area contributed by atoms with Crippen molar-refractivity contribution in [2.75, 3.05) is 25.1 Å². The second-order valence-corrected chi connectivity index (χ2v) is 3.43. The van der Waals surface area contributed by atoms with Crippen LogP contribution in [0.15, 0.2) is 18.3 Å². The number of nitrogens with zero attached hydrogens (tertiary/aromatic N) is 2. The minimum Gasteiger partial charge on any atom is -0.381 e. The molecule has 0 amide bonds. The van der Waals surface area contributed by atoms with E-state index in [9.17, 15) is 0 Å². The van der Waals surface area contributed by atoms with Crippen molar-refractivity contribution >= 4 is 5.82 Å². The molecule has 4 heteroatoms. The van der Waals surface area contributed by atoms with Gasteiger partial charge in [0.1, 0.15) is 5.82 Å². The number of pyridine rings is 1. The number of hydrogen-bond donors (Lipinski definition) is 1. The Labute approximate surface area is 96.3 Å². The van der Waals surface area contributed by atoms with E-state index in [1.807, 2.05) is 0 Å². The topological polar surface area (TPSA) is 57.9 Å². The third-order valence-corrected chi connectivity index (χ3v) is 2.01. The molecule has 0 unspecified atom stereocenters. The molecule has 4 nitrogen and oxygen atoms in total. The van der Waals surface area contributed by atoms with Crippen molar-refractivity contribution in [3.05, 3.63) is 23.9 Å². The van der Waals surface area contributed by atoms with Crippen LogP contribution < -0.4 is 5.32 Å². The summed E-state index contributed by atoms with van der Waals surface area (Å²) in [6, 6.07) is 5.51. The first-order valence-electron chi connectivity index (χ1n) is 5.54. The Hall–Kier alpha value is -1.60. The van der Waals surface area contributed by atoms with Gasteiger partial charge in [0, 0.05) is 26.0 Å². The van der Waals surface area contributed by atoms with Crippen LogP contribution >= 0.6 is 0 Å². The van der Waals surface area contributed by atoms with Crippen molar-refractivity contribution in [1.82, 2.24) is 4.98 Å². The molecule has 0 spiro atoms. The van der Waals surface area contributed by atoms with E-state index in [2.05, 4.69) is 23.3 Å². The zero-order valence-electron chi connectivity index (χ0n) is 9.57. The van der Waals surface area contributed by atoms with Crippen LogP contribution in [0.5, 0.6) is 0 Å². The van der Waals surface area contributed by atoms with Crippen molar-refractivity contribution in [1.29, 1.82) is 5.26 Å². The predicted molar refractivity (Wildman–Crippen MR) is 63.2 cm³/mol. The van der Waals surface area contributed by atoms with Crippen molar-refractivity contribution in [2.45, 2.75) is 19.8 Å². The van der Waals surface area contributed by atoms with E-state index in [4.69, 9.17) is 10.00 Å². The Morgan fingerprint density at radius 1 is 1.50 bits per heavy atom. The van der Waals surface area contributed by atoms with Crippen LogP contribution in [0.4, 0.5) is 5.82 Å². The first kappa shape index (κ1) is 12.5. The van der Waals surface area contributed by atoms with E-state index in [1.54, 1.807) is 18.3 Å². The second-order valence-electron chi connectivity index (χ2n) is 3.43. The first-order valence-corrected chi connectivity index (χ1v) is 5.54. The lowest BCUT2D eigenvalue weighted by atomic mass is 10.3. The molecule has 16 heavy (non-hydrogen) atoms. The lowest BCUT2D eigenvalue weighted by molar-refractivity contribution is 0.134. The fourth-order valence-electron chi connectivity index (χ4n) is 1.23. The van der Waals surface area contributed by atoms with Crippen molar-refractivity contribution < 1.29 is 4.74 Å². The van der Waals surface area contributed by atoms with Crippen LogP contribution in [0, 0.1) is 11.3 Å². The quantitative estimate of drug-likeness (QED) is 0.714. The van der Waals surface area contributed by atoms with Crippen LogP contribution in [0.3, 0.4) is 0 Å². The van der Waals surface area contributed by atoms with Gasteiger partial charge in [-0.2, -0.15) is 5.26 Å². The summed E-state index contributed by atoms with van der Waals surface area (Å²) in [5.74, 6) is 0.745. The van der Waals surface area contributed by atoms with Crippen molar-refractivity contribution in [3.63, 3.8) is 0 Å². The normalized spacial score (nSPS) is 9.75. The number of hydrogen-bond acceptors (Lipinski definition) is 4. The number of nitriles is 1. The molecule has 1 N–H and O–H groups in total. The first-order chi connectivity index (χ1) is 7.86. The third kappa shape index (κ3) is 4.76. The summed E-state index contributed by atoms with van der Waals surface area (Å²) in [5.41, 5.74) is 0.625. The molecule has 0 radical (unpaired) electrons. The maximum Gasteiger partial charge on any atom is 0.127 e. The molecule has 0 aliphatic rings. The van der Waals surface area contributed by atoms with Crippen LogP contribution in [0.2, 0.25) is 0 Å². The summed E-state index contributed by atoms with van der Waals surface area (Å²) < 4.78 is 5.35. The molecule has 0 saturated carbocycles. The minimum absolute atomic E-state index is 0.625. The number of aromatic nitrogens is 1. The van der Waals surface area contributed by atoms with Gasteiger partial charge in [-0.25, -0.2) is 4.98 Å². The fourth-order valence-corrected chi connectivity index (χ4v) is 1.23. The van der Waals surface area contributed by atoms with E-state index in [-0.39, 0.29) is 0 Å². The van der Waals surface area contributed by atoms with Gasteiger partial charge in [-0.1, -0.05) is 6.92 Å². The summed E-state index contributed by atoms with van der Waals surface area (Å²) in [6.07, 6.45) is 3.63. The molecule has 1 aromatic rings. The standard InChI is InChI=1S/C12H17N3O/c1-2-7-16-8-3-5-14-12-9-11(10-13)4-6-15-12/h4,6,9H,2-3,5,7-8H2,1H3,(H,14,15). The average molecular weight is 219 g/mol. The van der Waals surface area contributed by atoms with E-state index >= 15 is 0 Å². The zero-order chi connectivity index (χ0) is 11.6. The molecule has 86 valence electrons. The smallest absolute Gasteiger partial charge is 0.127 e. The molecule has 0 bridgehead atoms. The van der Waals surface area contributed by atoms with E-state index in [1.165, 1.54) is 0 Å². The Kier molecular flexibility index (Phi) is 5.97. The van der Waals surface area contributed by atoms with Crippen LogP contribution in [-0.2, 0) is 4.74 Å². The maximum atomic E-state index is 8.71. The monoisotopic (exact) mass is 219 g/mol. The minimum atomic E-state index is 0.625. The number of rotatable bonds is 7. The Morgan fingerprint density at radius 3 is 3.12 bits per heavy atom. The van der Waals surface area contributed by atoms with Gasteiger partial charge in [0.05, 0.1) is 11.6 Å². The average Bonchev–Trinajstić information content (AvgIpc) is 2.34. The number of ether oxygens (including phenoxy) is 1. The molecule has 0 saturated heterocycles. The van der Waals surface area contributed by atoms with Crippen molar-refractivity contribution in [3.8, 4) is 6.07 Å². The van der Waals surface area contributed by atoms with Gasteiger partial charge in [-0.05, 0) is 25.0 Å². The number of anilines is 1. The van der Waals surface area contributed by atoms with E-state index in [0.717, 1.165) is 38.4 Å². The molecular weight excluding hydrogens is 202 g/mol. The Morgan fingerprint density at radius 2 is 2.38 bits per heavy atom. The van der Waals surface area contributed by atoms with Crippen molar-refractivity contribution in [2.24, 2.45) is 0 Å². The molecule has 0 aromatic carbocycles. The van der Waals surface area contributed by atoms with E-state index in [0.29, 0.717) is 5.56 Å². The van der Waals surface area contributed by atoms with Crippen LogP contribution in [0.1, 0.15) is 25.3 Å². The highest BCUT2D eigenvalue weighted by Gasteiger charge is 1.95. The summed E-state index contributed by atoms with van der Waals surface area (Å²) in [7, 11) is 0. The van der Waals surface area contributed by atoms with E-state index < -0.39 is 0 Å². The van der Waals surface area contributed by atoms with Gasteiger partial charge in [0.25, 0.3) is 0 Å². The fraction of sp³-hybridized carbons (Fsp3) is 0.500. The van der Waals surface area contributed by atoms with Gasteiger partial charge in [-0.15, -0.1) is 0 Å². The second kappa shape index (κ2) is 7.66. The molecular formula is C12H17N3O. The van der Waals surface area contributed by atoms with Gasteiger partial charge in [0.2, 0.25) is 0 Å². The largest absolute Gasteiger partial charge is 0.381 e. The lowest BCUT2D eigenvalue weighted by Crippen LogP contribution is -2.07. The lowest BCUT2D eigenvalue weighted by Gasteiger charge is -2.05. The zero-order valence-corrected chi connectivity index (χ0v) is 9.57. The van der Waals surface area contributed by atoms with Gasteiger partial charge < -0.3 is 10.1 Å². The molecule has 0 fully saturated rings. The molecule has 0 aliphatic carbocycles. The Balaban J connectivity index is 2.19. The highest BCUT2D eigenvalue weighted by molar-refractivity contribution is 5.42. The third-order valence-electron chi connectivity index (χ3n) is 2.01. The highest BCUT2D eigenvalue weighted by Crippen LogP contribution is 2.05. The summed E-state index contributed by atoms with van der Waals surface area (Å²) in [4.78, 5) is 4.12. The van der Waals surface area contributed by atoms with Gasteiger partial charge in [-0.3, -0.25) is 0 Å². The molecule has 1 heterocycles. The van der Waals surface area contributed by atoms with Crippen LogP contribution in [-0.4, -0.2) is 24.7 Å². The molecule has 1 rings (SSSR count). The maximum absolute atomic E-state index is 8.71. The van der Waals surface area contributed by atoms with Gasteiger partial charge in [0.15, 0.2) is 0 Å².